The Morgan fingerprint density at radius 3 is 2.41 bits per heavy atom. The molecule has 0 heterocycles. The Morgan fingerprint density at radius 1 is 1.06 bits per heavy atom. The molecule has 0 unspecified atom stereocenters. The van der Waals surface area contributed by atoms with Gasteiger partial charge in [-0.25, -0.2) is 4.79 Å². The first kappa shape index (κ1) is 23.8. The summed E-state index contributed by atoms with van der Waals surface area (Å²) < 4.78 is 10.7. The zero-order valence-corrected chi connectivity index (χ0v) is 20.8. The molecule has 5 fully saturated rings. The van der Waals surface area contributed by atoms with Crippen molar-refractivity contribution in [3.8, 4) is 0 Å². The quantitative estimate of drug-likeness (QED) is 0.611. The number of hydrogen-bond donors (Lipinski definition) is 2. The number of fused-ring (bicyclic) bond motifs is 3. The van der Waals surface area contributed by atoms with Crippen molar-refractivity contribution in [2.75, 3.05) is 13.7 Å². The Morgan fingerprint density at radius 2 is 1.75 bits per heavy atom. The topological polar surface area (TPSA) is 84.9 Å². The average Bonchev–Trinajstić information content (AvgIpc) is 2.71. The van der Waals surface area contributed by atoms with Crippen LogP contribution in [0.2, 0.25) is 0 Å². The van der Waals surface area contributed by atoms with Gasteiger partial charge in [-0.1, -0.05) is 13.3 Å². The van der Waals surface area contributed by atoms with Crippen LogP contribution < -0.4 is 5.32 Å². The lowest BCUT2D eigenvalue weighted by Crippen LogP contribution is -2.67. The first-order valence-corrected chi connectivity index (χ1v) is 12.6. The Bertz CT molecular complexity index is 762. The first-order valence-electron chi connectivity index (χ1n) is 12.6. The standard InChI is InChI=1S/C26H43NO5/c1-23(2,3)32-22(30)27-15-17-16-8-12-26(20(17)28)13-9-18-24(4,19(26)14-16)10-7-11-25(18,5)21(29)31-6/h16-20,28H,7-15H2,1-6H3,(H,27,30)/t16-,17+,18+,19+,20-,24-,25-,26+/m1/s1. The van der Waals surface area contributed by atoms with Gasteiger partial charge in [0.05, 0.1) is 18.6 Å². The van der Waals surface area contributed by atoms with Crippen LogP contribution in [0.15, 0.2) is 0 Å². The van der Waals surface area contributed by atoms with E-state index in [1.165, 1.54) is 7.11 Å². The Kier molecular flexibility index (Phi) is 5.88. The lowest BCUT2D eigenvalue weighted by molar-refractivity contribution is -0.244. The average molecular weight is 450 g/mol. The lowest BCUT2D eigenvalue weighted by atomic mass is 9.35. The van der Waals surface area contributed by atoms with Crippen molar-refractivity contribution in [1.29, 1.82) is 0 Å². The smallest absolute Gasteiger partial charge is 0.407 e. The van der Waals surface area contributed by atoms with E-state index in [1.807, 2.05) is 20.8 Å². The van der Waals surface area contributed by atoms with Crippen molar-refractivity contribution in [2.45, 2.75) is 97.7 Å². The third kappa shape index (κ3) is 3.56. The predicted octanol–water partition coefficient (Wildman–Crippen LogP) is 4.68. The summed E-state index contributed by atoms with van der Waals surface area (Å²) in [6.45, 7) is 10.6. The van der Waals surface area contributed by atoms with Gasteiger partial charge in [0, 0.05) is 17.9 Å². The number of aliphatic hydroxyl groups is 1. The fourth-order valence-electron chi connectivity index (χ4n) is 8.75. The van der Waals surface area contributed by atoms with E-state index in [9.17, 15) is 14.7 Å². The molecule has 6 heteroatoms. The Labute approximate surface area is 193 Å². The highest BCUT2D eigenvalue weighted by Gasteiger charge is 2.68. The fraction of sp³-hybridized carbons (Fsp3) is 0.923. The van der Waals surface area contributed by atoms with Crippen LogP contribution in [-0.4, -0.2) is 42.5 Å². The minimum atomic E-state index is -0.529. The summed E-state index contributed by atoms with van der Waals surface area (Å²) in [6.07, 6.45) is 7.42. The van der Waals surface area contributed by atoms with Crippen molar-refractivity contribution in [1.82, 2.24) is 5.32 Å². The number of carbonyl (C=O) groups excluding carboxylic acids is 2. The number of nitrogens with one attached hydrogen (secondary N) is 1. The molecule has 0 aromatic rings. The van der Waals surface area contributed by atoms with Gasteiger partial charge in [-0.05, 0) is 95.8 Å². The van der Waals surface area contributed by atoms with Gasteiger partial charge >= 0.3 is 12.1 Å². The van der Waals surface area contributed by atoms with Crippen LogP contribution in [0.1, 0.15) is 86.0 Å². The Balaban J connectivity index is 1.55. The van der Waals surface area contributed by atoms with E-state index >= 15 is 0 Å². The molecule has 182 valence electrons. The summed E-state index contributed by atoms with van der Waals surface area (Å²) in [4.78, 5) is 25.1. The zero-order chi connectivity index (χ0) is 23.5. The second-order valence-electron chi connectivity index (χ2n) is 12.7. The van der Waals surface area contributed by atoms with Crippen LogP contribution in [0.5, 0.6) is 0 Å². The summed E-state index contributed by atoms with van der Waals surface area (Å²) in [6, 6.07) is 0. The first-order chi connectivity index (χ1) is 14.9. The van der Waals surface area contributed by atoms with E-state index in [0.717, 1.165) is 51.4 Å². The number of methoxy groups -OCH3 is 1. The number of esters is 1. The SMILES string of the molecule is COC(=O)[C@]1(C)CCC[C@@]2(C)[C@@H]3C[C@H]4CC[C@@]3(CC[C@@H]21)[C@H](O)[C@H]4CNC(=O)OC(C)(C)C. The minimum Gasteiger partial charge on any atom is -0.469 e. The number of rotatable bonds is 3. The van der Waals surface area contributed by atoms with E-state index in [1.54, 1.807) is 0 Å². The molecule has 0 radical (unpaired) electrons. The summed E-state index contributed by atoms with van der Waals surface area (Å²) in [5.41, 5.74) is -1.02. The van der Waals surface area contributed by atoms with E-state index in [0.29, 0.717) is 24.3 Å². The number of ether oxygens (including phenoxy) is 2. The summed E-state index contributed by atoms with van der Waals surface area (Å²) in [5, 5.41) is 14.6. The molecule has 32 heavy (non-hydrogen) atoms. The second-order valence-corrected chi connectivity index (χ2v) is 12.7. The van der Waals surface area contributed by atoms with Crippen LogP contribution >= 0.6 is 0 Å². The van der Waals surface area contributed by atoms with Crippen LogP contribution in [0.4, 0.5) is 4.79 Å². The van der Waals surface area contributed by atoms with E-state index in [4.69, 9.17) is 9.47 Å². The number of aliphatic hydroxyl groups excluding tert-OH is 1. The third-order valence-electron chi connectivity index (χ3n) is 10.0. The largest absolute Gasteiger partial charge is 0.469 e. The van der Waals surface area contributed by atoms with Gasteiger partial charge in [0.15, 0.2) is 0 Å². The van der Waals surface area contributed by atoms with Crippen molar-refractivity contribution >= 4 is 12.1 Å². The Hall–Kier alpha value is -1.30. The summed E-state index contributed by atoms with van der Waals surface area (Å²) in [7, 11) is 1.51. The van der Waals surface area contributed by atoms with E-state index < -0.39 is 23.2 Å². The van der Waals surface area contributed by atoms with E-state index in [2.05, 4.69) is 19.2 Å². The van der Waals surface area contributed by atoms with Gasteiger partial charge in [-0.3, -0.25) is 4.79 Å². The van der Waals surface area contributed by atoms with Gasteiger partial charge in [0.25, 0.3) is 0 Å². The van der Waals surface area contributed by atoms with Gasteiger partial charge < -0.3 is 19.9 Å². The lowest BCUT2D eigenvalue weighted by Gasteiger charge is -2.70. The molecule has 1 spiro atoms. The fourth-order valence-corrected chi connectivity index (χ4v) is 8.75. The molecule has 5 aliphatic carbocycles. The molecule has 8 atom stereocenters. The summed E-state index contributed by atoms with van der Waals surface area (Å²) >= 11 is 0. The predicted molar refractivity (Wildman–Crippen MR) is 122 cm³/mol. The van der Waals surface area contributed by atoms with Crippen LogP contribution in [-0.2, 0) is 14.3 Å². The molecule has 6 nitrogen and oxygen atoms in total. The number of carbonyl (C=O) groups is 2. The van der Waals surface area contributed by atoms with Crippen molar-refractivity contribution < 1.29 is 24.2 Å². The molecule has 1 amide bonds. The van der Waals surface area contributed by atoms with Crippen molar-refractivity contribution in [3.63, 3.8) is 0 Å². The monoisotopic (exact) mass is 449 g/mol. The molecule has 5 saturated carbocycles. The number of hydrogen-bond acceptors (Lipinski definition) is 5. The van der Waals surface area contributed by atoms with E-state index in [-0.39, 0.29) is 22.7 Å². The van der Waals surface area contributed by atoms with Gasteiger partial charge in [-0.2, -0.15) is 0 Å². The molecular formula is C26H43NO5. The minimum absolute atomic E-state index is 0.0443. The highest BCUT2D eigenvalue weighted by Crippen LogP contribution is 2.72. The van der Waals surface area contributed by atoms with Crippen molar-refractivity contribution in [3.05, 3.63) is 0 Å². The van der Waals surface area contributed by atoms with Crippen molar-refractivity contribution in [2.24, 2.45) is 39.9 Å². The van der Waals surface area contributed by atoms with Crippen LogP contribution in [0.3, 0.4) is 0 Å². The molecule has 5 rings (SSSR count). The van der Waals surface area contributed by atoms with Gasteiger partial charge in [-0.15, -0.1) is 0 Å². The molecular weight excluding hydrogens is 406 g/mol. The summed E-state index contributed by atoms with van der Waals surface area (Å²) in [5.74, 6) is 1.13. The van der Waals surface area contributed by atoms with Gasteiger partial charge in [0.1, 0.15) is 5.60 Å². The van der Waals surface area contributed by atoms with Gasteiger partial charge in [0.2, 0.25) is 0 Å². The highest BCUT2D eigenvalue weighted by molar-refractivity contribution is 5.77. The molecule has 0 saturated heterocycles. The molecule has 2 N–H and O–H groups in total. The van der Waals surface area contributed by atoms with Crippen LogP contribution in [0, 0.1) is 39.9 Å². The number of amides is 1. The maximum atomic E-state index is 12.8. The molecule has 0 aliphatic heterocycles. The molecule has 2 bridgehead atoms. The maximum Gasteiger partial charge on any atom is 0.407 e. The molecule has 0 aromatic heterocycles. The number of alkyl carbamates (subject to hydrolysis) is 1. The zero-order valence-electron chi connectivity index (χ0n) is 20.8. The third-order valence-corrected chi connectivity index (χ3v) is 10.0. The highest BCUT2D eigenvalue weighted by atomic mass is 16.6. The second kappa shape index (κ2) is 7.89. The maximum absolute atomic E-state index is 12.8. The van der Waals surface area contributed by atoms with Crippen LogP contribution in [0.25, 0.3) is 0 Å². The molecule has 0 aromatic carbocycles. The normalized spacial score (nSPS) is 45.4. The molecule has 5 aliphatic rings.